The van der Waals surface area contributed by atoms with E-state index in [9.17, 15) is 4.79 Å². The molecule has 3 unspecified atom stereocenters. The average molecular weight is 183 g/mol. The molecule has 3 heteroatoms. The third-order valence-electron chi connectivity index (χ3n) is 3.16. The van der Waals surface area contributed by atoms with Crippen LogP contribution in [-0.2, 0) is 4.74 Å². The van der Waals surface area contributed by atoms with Crippen LogP contribution in [0.15, 0.2) is 0 Å². The fourth-order valence-corrected chi connectivity index (χ4v) is 2.41. The fourth-order valence-electron chi connectivity index (χ4n) is 2.41. The molecule has 1 N–H and O–H groups in total. The summed E-state index contributed by atoms with van der Waals surface area (Å²) in [6, 6.07) is 0.401. The van der Waals surface area contributed by atoms with Crippen molar-refractivity contribution in [3.63, 3.8) is 0 Å². The Hall–Kier alpha value is -0.730. The van der Waals surface area contributed by atoms with Gasteiger partial charge in [-0.1, -0.05) is 12.8 Å². The summed E-state index contributed by atoms with van der Waals surface area (Å²) in [5.74, 6) is 1.67. The number of hydrogen-bond acceptors (Lipinski definition) is 2. The maximum absolute atomic E-state index is 11.1. The van der Waals surface area contributed by atoms with E-state index < -0.39 is 0 Å². The van der Waals surface area contributed by atoms with E-state index in [1.807, 2.05) is 6.92 Å². The van der Waals surface area contributed by atoms with E-state index in [4.69, 9.17) is 4.74 Å². The maximum atomic E-state index is 11.1. The molecule has 0 spiro atoms. The molecule has 0 aromatic rings. The molecular weight excluding hydrogens is 166 g/mol. The minimum absolute atomic E-state index is 0.236. The van der Waals surface area contributed by atoms with Crippen molar-refractivity contribution in [1.29, 1.82) is 0 Å². The van der Waals surface area contributed by atoms with Gasteiger partial charge in [0.2, 0.25) is 0 Å². The fraction of sp³-hybridized carbons (Fsp3) is 0.900. The molecule has 0 aromatic heterocycles. The molecule has 0 aromatic carbocycles. The van der Waals surface area contributed by atoms with Gasteiger partial charge in [0.1, 0.15) is 0 Å². The molecule has 74 valence electrons. The Bertz CT molecular complexity index is 205. The quantitative estimate of drug-likeness (QED) is 0.710. The summed E-state index contributed by atoms with van der Waals surface area (Å²) in [6.07, 6.45) is 4.85. The number of hydrogen-bond donors (Lipinski definition) is 1. The lowest BCUT2D eigenvalue weighted by Crippen LogP contribution is -2.38. The molecule has 0 radical (unpaired) electrons. The Balaban J connectivity index is 1.77. The highest BCUT2D eigenvalue weighted by atomic mass is 16.5. The summed E-state index contributed by atoms with van der Waals surface area (Å²) < 4.78 is 4.86. The van der Waals surface area contributed by atoms with Crippen LogP contribution >= 0.6 is 0 Å². The second kappa shape index (κ2) is 3.56. The smallest absolute Gasteiger partial charge is 0.407 e. The molecule has 0 aliphatic heterocycles. The van der Waals surface area contributed by atoms with Gasteiger partial charge in [-0.2, -0.15) is 0 Å². The third kappa shape index (κ3) is 1.95. The molecule has 3 nitrogen and oxygen atoms in total. The van der Waals surface area contributed by atoms with E-state index in [0.29, 0.717) is 12.6 Å². The number of nitrogens with one attached hydrogen (secondary N) is 1. The van der Waals surface area contributed by atoms with Gasteiger partial charge in [-0.15, -0.1) is 0 Å². The van der Waals surface area contributed by atoms with Crippen LogP contribution in [0, 0.1) is 11.8 Å². The van der Waals surface area contributed by atoms with Crippen molar-refractivity contribution < 1.29 is 9.53 Å². The van der Waals surface area contributed by atoms with Crippen molar-refractivity contribution in [3.05, 3.63) is 0 Å². The lowest BCUT2D eigenvalue weighted by molar-refractivity contribution is 0.144. The van der Waals surface area contributed by atoms with Crippen LogP contribution in [0.25, 0.3) is 0 Å². The Morgan fingerprint density at radius 3 is 3.15 bits per heavy atom. The number of amides is 1. The zero-order chi connectivity index (χ0) is 9.26. The van der Waals surface area contributed by atoms with Crippen LogP contribution in [0.1, 0.15) is 32.6 Å². The predicted molar refractivity (Wildman–Crippen MR) is 49.4 cm³/mol. The highest BCUT2D eigenvalue weighted by molar-refractivity contribution is 5.67. The van der Waals surface area contributed by atoms with Crippen LogP contribution in [-0.4, -0.2) is 18.7 Å². The van der Waals surface area contributed by atoms with Crippen molar-refractivity contribution >= 4 is 6.09 Å². The molecule has 2 saturated carbocycles. The van der Waals surface area contributed by atoms with Gasteiger partial charge in [0.25, 0.3) is 0 Å². The molecule has 2 fully saturated rings. The Morgan fingerprint density at radius 1 is 1.54 bits per heavy atom. The number of fused-ring (bicyclic) bond motifs is 1. The van der Waals surface area contributed by atoms with Crippen LogP contribution in [0.4, 0.5) is 4.79 Å². The number of rotatable bonds is 2. The standard InChI is InChI=1S/C10H17NO2/c1-2-13-10(12)11-9-5-3-4-7-6-8(7)9/h7-9H,2-6H2,1H3,(H,11,12). The van der Waals surface area contributed by atoms with Crippen LogP contribution < -0.4 is 5.32 Å². The molecule has 2 aliphatic rings. The van der Waals surface area contributed by atoms with E-state index >= 15 is 0 Å². The Kier molecular flexibility index (Phi) is 2.42. The van der Waals surface area contributed by atoms with Crippen molar-refractivity contribution in [2.75, 3.05) is 6.61 Å². The summed E-state index contributed by atoms with van der Waals surface area (Å²) in [5, 5.41) is 2.95. The summed E-state index contributed by atoms with van der Waals surface area (Å²) >= 11 is 0. The molecule has 0 bridgehead atoms. The zero-order valence-electron chi connectivity index (χ0n) is 8.08. The largest absolute Gasteiger partial charge is 0.450 e. The van der Waals surface area contributed by atoms with Gasteiger partial charge in [0.05, 0.1) is 6.61 Å². The predicted octanol–water partition coefficient (Wildman–Crippen LogP) is 1.92. The number of ether oxygens (including phenoxy) is 1. The second-order valence-corrected chi connectivity index (χ2v) is 4.06. The molecule has 3 atom stereocenters. The van der Waals surface area contributed by atoms with E-state index in [2.05, 4.69) is 5.32 Å². The molecule has 1 amide bonds. The molecule has 0 heterocycles. The minimum atomic E-state index is -0.236. The van der Waals surface area contributed by atoms with Crippen LogP contribution in [0.3, 0.4) is 0 Å². The normalized spacial score (nSPS) is 36.2. The average Bonchev–Trinajstić information content (AvgIpc) is 2.84. The van der Waals surface area contributed by atoms with Crippen LogP contribution in [0.5, 0.6) is 0 Å². The Morgan fingerprint density at radius 2 is 2.38 bits per heavy atom. The van der Waals surface area contributed by atoms with Crippen LogP contribution in [0.2, 0.25) is 0 Å². The first-order valence-corrected chi connectivity index (χ1v) is 5.24. The lowest BCUT2D eigenvalue weighted by Gasteiger charge is -2.21. The molecule has 0 saturated heterocycles. The van der Waals surface area contributed by atoms with Gasteiger partial charge in [-0.05, 0) is 31.6 Å². The van der Waals surface area contributed by atoms with E-state index in [1.54, 1.807) is 0 Å². The van der Waals surface area contributed by atoms with Gasteiger partial charge in [0, 0.05) is 6.04 Å². The number of carbonyl (C=O) groups excluding carboxylic acids is 1. The number of carbonyl (C=O) groups is 1. The van der Waals surface area contributed by atoms with E-state index in [-0.39, 0.29) is 6.09 Å². The maximum Gasteiger partial charge on any atom is 0.407 e. The first-order chi connectivity index (χ1) is 6.31. The topological polar surface area (TPSA) is 38.3 Å². The molecular formula is C10H17NO2. The minimum Gasteiger partial charge on any atom is -0.450 e. The molecule has 13 heavy (non-hydrogen) atoms. The van der Waals surface area contributed by atoms with E-state index in [0.717, 1.165) is 18.3 Å². The summed E-state index contributed by atoms with van der Waals surface area (Å²) in [7, 11) is 0. The monoisotopic (exact) mass is 183 g/mol. The van der Waals surface area contributed by atoms with Gasteiger partial charge >= 0.3 is 6.09 Å². The van der Waals surface area contributed by atoms with Gasteiger partial charge in [0.15, 0.2) is 0 Å². The highest BCUT2D eigenvalue weighted by Crippen LogP contribution is 2.49. The van der Waals surface area contributed by atoms with E-state index in [1.165, 1.54) is 19.3 Å². The lowest BCUT2D eigenvalue weighted by atomic mass is 9.96. The van der Waals surface area contributed by atoms with Crippen molar-refractivity contribution in [2.24, 2.45) is 11.8 Å². The van der Waals surface area contributed by atoms with Crippen molar-refractivity contribution in [3.8, 4) is 0 Å². The summed E-state index contributed by atoms with van der Waals surface area (Å²) in [5.41, 5.74) is 0. The zero-order valence-corrected chi connectivity index (χ0v) is 8.08. The first kappa shape index (κ1) is 8.85. The molecule has 2 rings (SSSR count). The van der Waals surface area contributed by atoms with Gasteiger partial charge in [-0.25, -0.2) is 4.79 Å². The SMILES string of the molecule is CCOC(=O)NC1CCCC2CC21. The third-order valence-corrected chi connectivity index (χ3v) is 3.16. The Labute approximate surface area is 78.8 Å². The second-order valence-electron chi connectivity index (χ2n) is 4.06. The van der Waals surface area contributed by atoms with Gasteiger partial charge < -0.3 is 10.1 Å². The summed E-state index contributed by atoms with van der Waals surface area (Å²) in [4.78, 5) is 11.1. The number of alkyl carbamates (subject to hydrolysis) is 1. The highest BCUT2D eigenvalue weighted by Gasteiger charge is 2.45. The summed E-state index contributed by atoms with van der Waals surface area (Å²) in [6.45, 7) is 2.30. The molecule has 2 aliphatic carbocycles. The van der Waals surface area contributed by atoms with Crippen molar-refractivity contribution in [2.45, 2.75) is 38.6 Å². The van der Waals surface area contributed by atoms with Gasteiger partial charge in [-0.3, -0.25) is 0 Å². The van der Waals surface area contributed by atoms with Crippen molar-refractivity contribution in [1.82, 2.24) is 5.32 Å². The first-order valence-electron chi connectivity index (χ1n) is 5.24.